The molecule has 2 unspecified atom stereocenters. The zero-order chi connectivity index (χ0) is 22.9. The zero-order valence-electron chi connectivity index (χ0n) is 17.3. The molecule has 1 aromatic heterocycles. The van der Waals surface area contributed by atoms with Crippen LogP contribution in [0.1, 0.15) is 18.9 Å². The van der Waals surface area contributed by atoms with E-state index in [-0.39, 0.29) is 10.8 Å². The molecule has 1 aliphatic rings. The van der Waals surface area contributed by atoms with Gasteiger partial charge in [0, 0.05) is 12.7 Å². The first-order chi connectivity index (χ1) is 15.2. The van der Waals surface area contributed by atoms with Gasteiger partial charge >= 0.3 is 0 Å². The predicted molar refractivity (Wildman–Crippen MR) is 118 cm³/mol. The lowest BCUT2D eigenvalue weighted by atomic mass is 10.2. The normalized spacial score (nSPS) is 16.4. The van der Waals surface area contributed by atoms with Crippen molar-refractivity contribution in [2.24, 2.45) is 12.2 Å². The number of carbonyl (C=O) groups excluding carboxylic acids is 1. The summed E-state index contributed by atoms with van der Waals surface area (Å²) >= 11 is 1.24. The fraction of sp³-hybridized carbons (Fsp3) is 0.250. The summed E-state index contributed by atoms with van der Waals surface area (Å²) in [5.74, 6) is 1.65. The van der Waals surface area contributed by atoms with Crippen LogP contribution in [0.5, 0.6) is 11.5 Å². The molecular formula is C20H21N5O5S2. The van der Waals surface area contributed by atoms with Gasteiger partial charge in [-0.25, -0.2) is 13.6 Å². The number of fused-ring (bicyclic) bond motifs is 1. The van der Waals surface area contributed by atoms with Crippen molar-refractivity contribution in [3.8, 4) is 11.5 Å². The van der Waals surface area contributed by atoms with Crippen LogP contribution in [0.15, 0.2) is 58.6 Å². The van der Waals surface area contributed by atoms with Crippen LogP contribution in [-0.4, -0.2) is 40.9 Å². The van der Waals surface area contributed by atoms with E-state index < -0.39 is 21.4 Å². The number of para-hydroxylation sites is 2. The van der Waals surface area contributed by atoms with E-state index in [0.29, 0.717) is 34.8 Å². The molecule has 1 amide bonds. The molecule has 4 rings (SSSR count). The highest BCUT2D eigenvalue weighted by molar-refractivity contribution is 8.00. The molecule has 2 aromatic carbocycles. The molecule has 0 spiro atoms. The molecule has 0 bridgehead atoms. The molecule has 0 saturated carbocycles. The Kier molecular flexibility index (Phi) is 6.09. The quantitative estimate of drug-likeness (QED) is 0.517. The number of benzene rings is 2. The molecule has 10 nitrogen and oxygen atoms in total. The Balaban J connectivity index is 1.40. The summed E-state index contributed by atoms with van der Waals surface area (Å²) in [5.41, 5.74) is 0.458. The van der Waals surface area contributed by atoms with Gasteiger partial charge in [0.25, 0.3) is 0 Å². The summed E-state index contributed by atoms with van der Waals surface area (Å²) in [6, 6.07) is 13.0. The summed E-state index contributed by atoms with van der Waals surface area (Å²) in [4.78, 5) is 12.6. The number of aromatic nitrogens is 3. The molecule has 2 heterocycles. The van der Waals surface area contributed by atoms with Crippen molar-refractivity contribution in [1.82, 2.24) is 14.8 Å². The second-order valence-electron chi connectivity index (χ2n) is 7.08. The SMILES string of the molecule is CC(Sc1nnc(C2COc3ccccc3O2)n1C)C(=O)Nc1ccc(S(N)(=O)=O)cc1. The third-order valence-corrected chi connectivity index (χ3v) is 6.83. The molecule has 2 atom stereocenters. The van der Waals surface area contributed by atoms with Crippen LogP contribution in [0, 0.1) is 0 Å². The highest BCUT2D eigenvalue weighted by Gasteiger charge is 2.28. The number of sulfonamides is 1. The Labute approximate surface area is 189 Å². The van der Waals surface area contributed by atoms with Crippen molar-refractivity contribution in [2.45, 2.75) is 28.3 Å². The smallest absolute Gasteiger partial charge is 0.238 e. The van der Waals surface area contributed by atoms with Crippen molar-refractivity contribution < 1.29 is 22.7 Å². The third kappa shape index (κ3) is 4.71. The van der Waals surface area contributed by atoms with E-state index in [2.05, 4.69) is 15.5 Å². The first kappa shape index (κ1) is 22.1. The number of nitrogens with zero attached hydrogens (tertiary/aromatic N) is 3. The van der Waals surface area contributed by atoms with Gasteiger partial charge in [0.15, 0.2) is 28.6 Å². The number of thioether (sulfide) groups is 1. The number of hydrogen-bond acceptors (Lipinski definition) is 8. The van der Waals surface area contributed by atoms with Gasteiger partial charge in [0.2, 0.25) is 15.9 Å². The summed E-state index contributed by atoms with van der Waals surface area (Å²) < 4.78 is 36.2. The van der Waals surface area contributed by atoms with E-state index in [1.807, 2.05) is 24.3 Å². The van der Waals surface area contributed by atoms with Gasteiger partial charge in [0.1, 0.15) is 6.61 Å². The Morgan fingerprint density at radius 3 is 2.56 bits per heavy atom. The standard InChI is InChI=1S/C20H21N5O5S2/c1-12(19(26)22-13-7-9-14(10-8-13)32(21,27)28)31-20-24-23-18(25(20)2)17-11-29-15-5-3-4-6-16(15)30-17/h3-10,12,17H,11H2,1-2H3,(H,22,26)(H2,21,27,28). The molecule has 0 fully saturated rings. The first-order valence-corrected chi connectivity index (χ1v) is 12.0. The van der Waals surface area contributed by atoms with E-state index in [1.165, 1.54) is 36.0 Å². The lowest BCUT2D eigenvalue weighted by Crippen LogP contribution is -2.25. The minimum absolute atomic E-state index is 0.0268. The predicted octanol–water partition coefficient (Wildman–Crippen LogP) is 2.09. The minimum Gasteiger partial charge on any atom is -0.485 e. The fourth-order valence-corrected chi connectivity index (χ4v) is 4.38. The van der Waals surface area contributed by atoms with Crippen LogP contribution in [0.4, 0.5) is 5.69 Å². The number of amides is 1. The van der Waals surface area contributed by atoms with Crippen molar-refractivity contribution in [3.63, 3.8) is 0 Å². The maximum atomic E-state index is 12.6. The molecule has 0 saturated heterocycles. The monoisotopic (exact) mass is 475 g/mol. The fourth-order valence-electron chi connectivity index (χ4n) is 3.04. The van der Waals surface area contributed by atoms with E-state index in [1.54, 1.807) is 18.5 Å². The van der Waals surface area contributed by atoms with Crippen LogP contribution >= 0.6 is 11.8 Å². The van der Waals surface area contributed by atoms with Gasteiger partial charge in [-0.2, -0.15) is 0 Å². The van der Waals surface area contributed by atoms with Crippen molar-refractivity contribution in [2.75, 3.05) is 11.9 Å². The van der Waals surface area contributed by atoms with E-state index >= 15 is 0 Å². The molecule has 3 N–H and O–H groups in total. The molecule has 32 heavy (non-hydrogen) atoms. The number of rotatable bonds is 6. The average molecular weight is 476 g/mol. The molecule has 168 valence electrons. The Hall–Kier alpha value is -3.09. The molecule has 3 aromatic rings. The molecule has 0 radical (unpaired) electrons. The molecule has 0 aliphatic carbocycles. The van der Waals surface area contributed by atoms with Crippen LogP contribution in [-0.2, 0) is 21.9 Å². The van der Waals surface area contributed by atoms with Crippen LogP contribution in [0.25, 0.3) is 0 Å². The lowest BCUT2D eigenvalue weighted by Gasteiger charge is -2.25. The number of hydrogen-bond donors (Lipinski definition) is 2. The molecular weight excluding hydrogens is 454 g/mol. The van der Waals surface area contributed by atoms with E-state index in [4.69, 9.17) is 14.6 Å². The topological polar surface area (TPSA) is 138 Å². The number of nitrogens with one attached hydrogen (secondary N) is 1. The average Bonchev–Trinajstić information content (AvgIpc) is 3.13. The number of primary sulfonamides is 1. The Bertz CT molecular complexity index is 1240. The molecule has 12 heteroatoms. The number of anilines is 1. The Morgan fingerprint density at radius 1 is 1.19 bits per heavy atom. The van der Waals surface area contributed by atoms with Gasteiger partial charge in [-0.15, -0.1) is 10.2 Å². The van der Waals surface area contributed by atoms with E-state index in [0.717, 1.165) is 0 Å². The minimum atomic E-state index is -3.79. The number of ether oxygens (including phenoxy) is 2. The maximum Gasteiger partial charge on any atom is 0.238 e. The van der Waals surface area contributed by atoms with Crippen LogP contribution in [0.2, 0.25) is 0 Å². The van der Waals surface area contributed by atoms with Gasteiger partial charge in [-0.05, 0) is 43.3 Å². The summed E-state index contributed by atoms with van der Waals surface area (Å²) in [6.45, 7) is 2.04. The zero-order valence-corrected chi connectivity index (χ0v) is 18.9. The summed E-state index contributed by atoms with van der Waals surface area (Å²) in [7, 11) is -1.98. The first-order valence-electron chi connectivity index (χ1n) is 9.60. The number of nitrogens with two attached hydrogens (primary N) is 1. The summed E-state index contributed by atoms with van der Waals surface area (Å²) in [6.07, 6.45) is -0.418. The van der Waals surface area contributed by atoms with Gasteiger partial charge in [-0.3, -0.25) is 4.79 Å². The number of carbonyl (C=O) groups is 1. The second-order valence-corrected chi connectivity index (χ2v) is 9.95. The van der Waals surface area contributed by atoms with Gasteiger partial charge in [0.05, 0.1) is 10.1 Å². The van der Waals surface area contributed by atoms with Crippen LogP contribution < -0.4 is 19.9 Å². The van der Waals surface area contributed by atoms with Gasteiger partial charge in [-0.1, -0.05) is 23.9 Å². The Morgan fingerprint density at radius 2 is 1.88 bits per heavy atom. The molecule has 1 aliphatic heterocycles. The second kappa shape index (κ2) is 8.81. The highest BCUT2D eigenvalue weighted by Crippen LogP contribution is 2.36. The highest BCUT2D eigenvalue weighted by atomic mass is 32.2. The van der Waals surface area contributed by atoms with E-state index in [9.17, 15) is 13.2 Å². The third-order valence-electron chi connectivity index (χ3n) is 4.77. The lowest BCUT2D eigenvalue weighted by molar-refractivity contribution is -0.115. The van der Waals surface area contributed by atoms with Crippen molar-refractivity contribution in [1.29, 1.82) is 0 Å². The summed E-state index contributed by atoms with van der Waals surface area (Å²) in [5, 5.41) is 16.3. The van der Waals surface area contributed by atoms with Crippen molar-refractivity contribution in [3.05, 3.63) is 54.4 Å². The van der Waals surface area contributed by atoms with Crippen LogP contribution in [0.3, 0.4) is 0 Å². The van der Waals surface area contributed by atoms with Crippen molar-refractivity contribution >= 4 is 33.4 Å². The maximum absolute atomic E-state index is 12.6. The largest absolute Gasteiger partial charge is 0.485 e. The van der Waals surface area contributed by atoms with Gasteiger partial charge < -0.3 is 19.4 Å².